The summed E-state index contributed by atoms with van der Waals surface area (Å²) < 4.78 is 13.1. The van der Waals surface area contributed by atoms with Gasteiger partial charge in [0, 0.05) is 44.3 Å². The van der Waals surface area contributed by atoms with Gasteiger partial charge in [0.2, 0.25) is 5.91 Å². The number of rotatable bonds is 6. The van der Waals surface area contributed by atoms with E-state index >= 15 is 0 Å². The molecule has 25 heavy (non-hydrogen) atoms. The highest BCUT2D eigenvalue weighted by Gasteiger charge is 2.20. The van der Waals surface area contributed by atoms with Crippen LogP contribution in [0.1, 0.15) is 18.9 Å². The van der Waals surface area contributed by atoms with E-state index < -0.39 is 6.03 Å². The van der Waals surface area contributed by atoms with Gasteiger partial charge < -0.3 is 5.32 Å². The van der Waals surface area contributed by atoms with Gasteiger partial charge in [-0.3, -0.25) is 19.9 Å². The Bertz CT molecular complexity index is 606. The second kappa shape index (κ2) is 9.70. The van der Waals surface area contributed by atoms with Crippen molar-refractivity contribution in [2.24, 2.45) is 0 Å². The van der Waals surface area contributed by atoms with Crippen molar-refractivity contribution in [2.75, 3.05) is 39.3 Å². The maximum absolute atomic E-state index is 13.1. The molecule has 1 aromatic carbocycles. The molecule has 0 bridgehead atoms. The highest BCUT2D eigenvalue weighted by molar-refractivity contribution is 6.31. The van der Waals surface area contributed by atoms with Gasteiger partial charge in [-0.15, -0.1) is 0 Å². The molecule has 0 unspecified atom stereocenters. The minimum absolute atomic E-state index is 0.199. The molecule has 2 N–H and O–H groups in total. The zero-order chi connectivity index (χ0) is 18.2. The lowest BCUT2D eigenvalue weighted by Crippen LogP contribution is -2.50. The molecule has 1 heterocycles. The molecule has 1 aromatic rings. The zero-order valence-corrected chi connectivity index (χ0v) is 15.1. The van der Waals surface area contributed by atoms with Crippen molar-refractivity contribution < 1.29 is 14.0 Å². The fourth-order valence-electron chi connectivity index (χ4n) is 2.65. The van der Waals surface area contributed by atoms with Crippen molar-refractivity contribution in [1.82, 2.24) is 20.4 Å². The monoisotopic (exact) mass is 370 g/mol. The Labute approximate surface area is 152 Å². The highest BCUT2D eigenvalue weighted by Crippen LogP contribution is 2.19. The Morgan fingerprint density at radius 3 is 2.52 bits per heavy atom. The number of hydrogen-bond acceptors (Lipinski definition) is 4. The number of amides is 3. The van der Waals surface area contributed by atoms with Crippen LogP contribution in [0.4, 0.5) is 9.18 Å². The van der Waals surface area contributed by atoms with Crippen LogP contribution in [0.2, 0.25) is 5.02 Å². The van der Waals surface area contributed by atoms with E-state index in [0.717, 1.165) is 38.2 Å². The van der Waals surface area contributed by atoms with Gasteiger partial charge in [-0.05, 0) is 24.1 Å². The number of nitrogens with zero attached hydrogens (tertiary/aromatic N) is 2. The number of hydrogen-bond donors (Lipinski definition) is 2. The predicted octanol–water partition coefficient (Wildman–Crippen LogP) is 1.83. The molecule has 6 nitrogen and oxygen atoms in total. The van der Waals surface area contributed by atoms with Crippen LogP contribution < -0.4 is 10.6 Å². The van der Waals surface area contributed by atoms with Crippen molar-refractivity contribution in [3.63, 3.8) is 0 Å². The minimum Gasteiger partial charge on any atom is -0.338 e. The Balaban J connectivity index is 1.72. The van der Waals surface area contributed by atoms with E-state index in [2.05, 4.69) is 15.5 Å². The van der Waals surface area contributed by atoms with Gasteiger partial charge in [0.15, 0.2) is 0 Å². The molecule has 1 aliphatic rings. The first kappa shape index (κ1) is 19.6. The third-order valence-corrected chi connectivity index (χ3v) is 4.38. The molecule has 0 radical (unpaired) electrons. The fourth-order valence-corrected chi connectivity index (χ4v) is 2.88. The Hall–Kier alpha value is -1.70. The molecule has 1 fully saturated rings. The summed E-state index contributed by atoms with van der Waals surface area (Å²) in [7, 11) is 0. The molecule has 0 aliphatic carbocycles. The molecule has 2 rings (SSSR count). The van der Waals surface area contributed by atoms with Crippen LogP contribution in [0.15, 0.2) is 18.2 Å². The zero-order valence-electron chi connectivity index (χ0n) is 14.4. The lowest BCUT2D eigenvalue weighted by Gasteiger charge is -2.34. The minimum atomic E-state index is -0.448. The Kier molecular flexibility index (Phi) is 7.61. The average Bonchev–Trinajstić information content (AvgIpc) is 2.57. The summed E-state index contributed by atoms with van der Waals surface area (Å²) in [6.07, 6.45) is 0.821. The van der Waals surface area contributed by atoms with Gasteiger partial charge in [0.05, 0.1) is 6.54 Å². The molecule has 1 saturated heterocycles. The average molecular weight is 371 g/mol. The smallest absolute Gasteiger partial charge is 0.321 e. The fraction of sp³-hybridized carbons (Fsp3) is 0.529. The summed E-state index contributed by atoms with van der Waals surface area (Å²) in [6, 6.07) is 3.98. The Morgan fingerprint density at radius 1 is 1.20 bits per heavy atom. The largest absolute Gasteiger partial charge is 0.338 e. The topological polar surface area (TPSA) is 64.7 Å². The summed E-state index contributed by atoms with van der Waals surface area (Å²) in [4.78, 5) is 27.5. The summed E-state index contributed by atoms with van der Waals surface area (Å²) in [5, 5.41) is 5.37. The van der Waals surface area contributed by atoms with Gasteiger partial charge in [0.25, 0.3) is 0 Å². The van der Waals surface area contributed by atoms with Crippen molar-refractivity contribution in [3.8, 4) is 0 Å². The third kappa shape index (κ3) is 6.61. The lowest BCUT2D eigenvalue weighted by atomic mass is 10.2. The van der Waals surface area contributed by atoms with Crippen LogP contribution in [0.5, 0.6) is 0 Å². The van der Waals surface area contributed by atoms with Crippen molar-refractivity contribution in [2.45, 2.75) is 19.9 Å². The van der Waals surface area contributed by atoms with Gasteiger partial charge in [-0.2, -0.15) is 0 Å². The van der Waals surface area contributed by atoms with Gasteiger partial charge in [-0.25, -0.2) is 9.18 Å². The Morgan fingerprint density at radius 2 is 1.88 bits per heavy atom. The van der Waals surface area contributed by atoms with E-state index in [4.69, 9.17) is 11.6 Å². The molecule has 8 heteroatoms. The summed E-state index contributed by atoms with van der Waals surface area (Å²) >= 11 is 6.06. The quantitative estimate of drug-likeness (QED) is 0.802. The maximum Gasteiger partial charge on any atom is 0.321 e. The first-order valence-corrected chi connectivity index (χ1v) is 8.82. The van der Waals surface area contributed by atoms with E-state index in [9.17, 15) is 14.0 Å². The van der Waals surface area contributed by atoms with Crippen LogP contribution in [0.3, 0.4) is 0 Å². The molecule has 0 saturated carbocycles. The summed E-state index contributed by atoms with van der Waals surface area (Å²) in [5.74, 6) is -0.642. The van der Waals surface area contributed by atoms with E-state index in [1.165, 1.54) is 12.1 Å². The number of urea groups is 1. The van der Waals surface area contributed by atoms with Crippen molar-refractivity contribution in [3.05, 3.63) is 34.6 Å². The van der Waals surface area contributed by atoms with Crippen molar-refractivity contribution in [1.29, 1.82) is 0 Å². The summed E-state index contributed by atoms with van der Waals surface area (Å²) in [6.45, 7) is 6.35. The molecule has 138 valence electrons. The number of imide groups is 1. The van der Waals surface area contributed by atoms with Crippen LogP contribution in [0.25, 0.3) is 0 Å². The molecular weight excluding hydrogens is 347 g/mol. The molecule has 3 amide bonds. The van der Waals surface area contributed by atoms with Crippen LogP contribution in [-0.2, 0) is 11.3 Å². The van der Waals surface area contributed by atoms with Crippen LogP contribution in [0, 0.1) is 5.82 Å². The van der Waals surface area contributed by atoms with Crippen LogP contribution >= 0.6 is 11.6 Å². The van der Waals surface area contributed by atoms with Gasteiger partial charge in [0.1, 0.15) is 5.82 Å². The molecule has 1 aliphatic heterocycles. The molecule has 0 atom stereocenters. The van der Waals surface area contributed by atoms with E-state index in [1.807, 2.05) is 11.8 Å². The van der Waals surface area contributed by atoms with E-state index in [1.54, 1.807) is 6.07 Å². The number of nitrogens with one attached hydrogen (secondary N) is 2. The molecule has 0 spiro atoms. The summed E-state index contributed by atoms with van der Waals surface area (Å²) in [5.41, 5.74) is 0.891. The predicted molar refractivity (Wildman–Crippen MR) is 95.0 cm³/mol. The van der Waals surface area contributed by atoms with Crippen LogP contribution in [-0.4, -0.2) is 61.0 Å². The molecular formula is C17H24ClFN4O2. The van der Waals surface area contributed by atoms with Gasteiger partial charge in [-0.1, -0.05) is 24.6 Å². The second-order valence-corrected chi connectivity index (χ2v) is 6.50. The van der Waals surface area contributed by atoms with Gasteiger partial charge >= 0.3 is 6.03 Å². The maximum atomic E-state index is 13.1. The third-order valence-electron chi connectivity index (χ3n) is 4.03. The first-order chi connectivity index (χ1) is 12.0. The normalized spacial score (nSPS) is 15.8. The number of halogens is 2. The lowest BCUT2D eigenvalue weighted by molar-refractivity contribution is -0.121. The standard InChI is InChI=1S/C17H24ClFN4O2/c1-2-5-20-17(25)21-16(24)12-23-8-6-22(7-9-23)11-13-3-4-14(19)10-15(13)18/h3-4,10H,2,5-9,11-12H2,1H3,(H2,20,21,24,25). The number of carbonyl (C=O) groups is 2. The second-order valence-electron chi connectivity index (χ2n) is 6.09. The highest BCUT2D eigenvalue weighted by atomic mass is 35.5. The molecule has 0 aromatic heterocycles. The van der Waals surface area contributed by atoms with Crippen molar-refractivity contribution >= 4 is 23.5 Å². The number of carbonyl (C=O) groups excluding carboxylic acids is 2. The van der Waals surface area contributed by atoms with E-state index in [0.29, 0.717) is 18.1 Å². The van der Waals surface area contributed by atoms with E-state index in [-0.39, 0.29) is 18.3 Å². The SMILES string of the molecule is CCCNC(=O)NC(=O)CN1CCN(Cc2ccc(F)cc2Cl)CC1. The number of piperazine rings is 1. The first-order valence-electron chi connectivity index (χ1n) is 8.44. The number of benzene rings is 1.